The molecular formula is C13H13NO2S. The minimum absolute atomic E-state index is 0.592. The van der Waals surface area contributed by atoms with Gasteiger partial charge in [-0.3, -0.25) is 0 Å². The van der Waals surface area contributed by atoms with Gasteiger partial charge in [0, 0.05) is 9.75 Å². The lowest BCUT2D eigenvalue weighted by molar-refractivity contribution is -0.141. The second-order valence-corrected chi connectivity index (χ2v) is 5.18. The van der Waals surface area contributed by atoms with Gasteiger partial charge in [-0.15, -0.1) is 11.3 Å². The van der Waals surface area contributed by atoms with Gasteiger partial charge in [0.2, 0.25) is 0 Å². The number of nitrogens with two attached hydrogens (primary N) is 1. The maximum atomic E-state index is 11.5. The van der Waals surface area contributed by atoms with Crippen LogP contribution in [0.15, 0.2) is 42.5 Å². The number of benzene rings is 1. The van der Waals surface area contributed by atoms with Crippen LogP contribution in [0.2, 0.25) is 0 Å². The summed E-state index contributed by atoms with van der Waals surface area (Å²) >= 11 is 1.41. The maximum Gasteiger partial charge on any atom is 0.333 e. The van der Waals surface area contributed by atoms with Gasteiger partial charge in [0.15, 0.2) is 5.54 Å². The molecular weight excluding hydrogens is 234 g/mol. The maximum absolute atomic E-state index is 11.5. The Morgan fingerprint density at radius 1 is 1.24 bits per heavy atom. The average Bonchev–Trinajstić information content (AvgIpc) is 2.76. The molecule has 0 aliphatic heterocycles. The minimum atomic E-state index is -1.46. The SMILES string of the molecule is Cc1ccc(C(N)(C(=O)O)c2ccccc2)s1. The molecule has 17 heavy (non-hydrogen) atoms. The molecule has 3 N–H and O–H groups in total. The van der Waals surface area contributed by atoms with E-state index >= 15 is 0 Å². The Balaban J connectivity index is 2.58. The summed E-state index contributed by atoms with van der Waals surface area (Å²) in [5.41, 5.74) is 5.24. The number of aryl methyl sites for hydroxylation is 1. The number of rotatable bonds is 3. The van der Waals surface area contributed by atoms with E-state index in [1.165, 1.54) is 11.3 Å². The van der Waals surface area contributed by atoms with Crippen LogP contribution in [0.3, 0.4) is 0 Å². The number of carboxylic acid groups (broad SMARTS) is 1. The monoisotopic (exact) mass is 247 g/mol. The zero-order valence-corrected chi connectivity index (χ0v) is 10.2. The third-order valence-corrected chi connectivity index (χ3v) is 3.83. The molecule has 0 fully saturated rings. The topological polar surface area (TPSA) is 63.3 Å². The Kier molecular flexibility index (Phi) is 3.00. The van der Waals surface area contributed by atoms with E-state index < -0.39 is 11.5 Å². The Hall–Kier alpha value is -1.65. The molecule has 1 aromatic carbocycles. The van der Waals surface area contributed by atoms with Crippen LogP contribution in [-0.4, -0.2) is 11.1 Å². The third-order valence-electron chi connectivity index (χ3n) is 2.70. The summed E-state index contributed by atoms with van der Waals surface area (Å²) in [5.74, 6) is -1.04. The van der Waals surface area contributed by atoms with Crippen molar-refractivity contribution in [3.05, 3.63) is 57.8 Å². The summed E-state index contributed by atoms with van der Waals surface area (Å²) in [5, 5.41) is 9.43. The van der Waals surface area contributed by atoms with Gasteiger partial charge in [-0.25, -0.2) is 4.79 Å². The number of carboxylic acids is 1. The van der Waals surface area contributed by atoms with E-state index in [0.717, 1.165) is 4.88 Å². The molecule has 0 spiro atoms. The summed E-state index contributed by atoms with van der Waals surface area (Å²) in [7, 11) is 0. The largest absolute Gasteiger partial charge is 0.479 e. The van der Waals surface area contributed by atoms with Crippen molar-refractivity contribution in [3.63, 3.8) is 0 Å². The normalized spacial score (nSPS) is 14.2. The average molecular weight is 247 g/mol. The predicted octanol–water partition coefficient (Wildman–Crippen LogP) is 2.34. The smallest absolute Gasteiger partial charge is 0.333 e. The fourth-order valence-electron chi connectivity index (χ4n) is 1.72. The molecule has 1 aromatic heterocycles. The number of hydrogen-bond donors (Lipinski definition) is 2. The van der Waals surface area contributed by atoms with Gasteiger partial charge < -0.3 is 10.8 Å². The van der Waals surface area contributed by atoms with E-state index in [2.05, 4.69) is 0 Å². The van der Waals surface area contributed by atoms with E-state index in [4.69, 9.17) is 5.73 Å². The van der Waals surface area contributed by atoms with Gasteiger partial charge in [0.1, 0.15) is 0 Å². The van der Waals surface area contributed by atoms with Gasteiger partial charge in [0.05, 0.1) is 0 Å². The highest BCUT2D eigenvalue weighted by Gasteiger charge is 2.39. The van der Waals surface area contributed by atoms with Crippen molar-refractivity contribution >= 4 is 17.3 Å². The lowest BCUT2D eigenvalue weighted by atomic mass is 9.89. The van der Waals surface area contributed by atoms with Crippen molar-refractivity contribution in [1.82, 2.24) is 0 Å². The molecule has 0 aliphatic rings. The fourth-order valence-corrected chi connectivity index (χ4v) is 2.70. The predicted molar refractivity (Wildman–Crippen MR) is 68.1 cm³/mol. The van der Waals surface area contributed by atoms with Crippen LogP contribution in [-0.2, 0) is 10.3 Å². The van der Waals surface area contributed by atoms with Gasteiger partial charge in [-0.05, 0) is 24.6 Å². The van der Waals surface area contributed by atoms with Crippen molar-refractivity contribution in [1.29, 1.82) is 0 Å². The zero-order chi connectivity index (χ0) is 12.5. The summed E-state index contributed by atoms with van der Waals surface area (Å²) in [4.78, 5) is 13.2. The van der Waals surface area contributed by atoms with Crippen LogP contribution in [0.25, 0.3) is 0 Å². The standard InChI is InChI=1S/C13H13NO2S/c1-9-7-8-11(17-9)13(14,12(15)16)10-5-3-2-4-6-10/h2-8H,14H2,1H3,(H,15,16). The van der Waals surface area contributed by atoms with Gasteiger partial charge >= 0.3 is 5.97 Å². The quantitative estimate of drug-likeness (QED) is 0.875. The molecule has 0 saturated heterocycles. The summed E-state index contributed by atoms with van der Waals surface area (Å²) in [6, 6.07) is 12.6. The Morgan fingerprint density at radius 3 is 2.35 bits per heavy atom. The molecule has 0 aliphatic carbocycles. The molecule has 0 bridgehead atoms. The molecule has 0 amide bonds. The van der Waals surface area contributed by atoms with E-state index in [9.17, 15) is 9.90 Å². The van der Waals surface area contributed by atoms with Crippen molar-refractivity contribution in [2.45, 2.75) is 12.5 Å². The van der Waals surface area contributed by atoms with Crippen molar-refractivity contribution in [3.8, 4) is 0 Å². The number of carbonyl (C=O) groups is 1. The first-order valence-corrected chi connectivity index (χ1v) is 6.01. The number of aliphatic carboxylic acids is 1. The van der Waals surface area contributed by atoms with E-state index in [1.54, 1.807) is 30.3 Å². The first kappa shape index (κ1) is 11.8. The minimum Gasteiger partial charge on any atom is -0.479 e. The molecule has 88 valence electrons. The second kappa shape index (κ2) is 4.31. The van der Waals surface area contributed by atoms with Crippen LogP contribution < -0.4 is 5.73 Å². The summed E-state index contributed by atoms with van der Waals surface area (Å²) < 4.78 is 0. The first-order chi connectivity index (χ1) is 8.05. The van der Waals surface area contributed by atoms with Crippen LogP contribution in [0.1, 0.15) is 15.3 Å². The Bertz CT molecular complexity index is 535. The van der Waals surface area contributed by atoms with E-state index in [0.29, 0.717) is 10.4 Å². The van der Waals surface area contributed by atoms with Crippen molar-refractivity contribution in [2.75, 3.05) is 0 Å². The van der Waals surface area contributed by atoms with Crippen molar-refractivity contribution < 1.29 is 9.90 Å². The van der Waals surface area contributed by atoms with Crippen LogP contribution >= 0.6 is 11.3 Å². The molecule has 2 rings (SSSR count). The molecule has 1 unspecified atom stereocenters. The molecule has 1 heterocycles. The first-order valence-electron chi connectivity index (χ1n) is 5.20. The van der Waals surface area contributed by atoms with E-state index in [1.807, 2.05) is 19.1 Å². The summed E-state index contributed by atoms with van der Waals surface area (Å²) in [6.45, 7) is 1.93. The molecule has 0 radical (unpaired) electrons. The third kappa shape index (κ3) is 1.97. The second-order valence-electron chi connectivity index (χ2n) is 3.89. The Labute approximate surface area is 104 Å². The van der Waals surface area contributed by atoms with Crippen LogP contribution in [0, 0.1) is 6.92 Å². The fraction of sp³-hybridized carbons (Fsp3) is 0.154. The lowest BCUT2D eigenvalue weighted by Gasteiger charge is -2.23. The number of thiophene rings is 1. The van der Waals surface area contributed by atoms with Crippen LogP contribution in [0.5, 0.6) is 0 Å². The number of hydrogen-bond acceptors (Lipinski definition) is 3. The highest BCUT2D eigenvalue weighted by molar-refractivity contribution is 7.12. The van der Waals surface area contributed by atoms with Crippen molar-refractivity contribution in [2.24, 2.45) is 5.73 Å². The van der Waals surface area contributed by atoms with Gasteiger partial charge in [0.25, 0.3) is 0 Å². The van der Waals surface area contributed by atoms with E-state index in [-0.39, 0.29) is 0 Å². The highest BCUT2D eigenvalue weighted by atomic mass is 32.1. The van der Waals surface area contributed by atoms with Gasteiger partial charge in [-0.2, -0.15) is 0 Å². The van der Waals surface area contributed by atoms with Gasteiger partial charge in [-0.1, -0.05) is 30.3 Å². The lowest BCUT2D eigenvalue weighted by Crippen LogP contribution is -2.45. The highest BCUT2D eigenvalue weighted by Crippen LogP contribution is 2.32. The zero-order valence-electron chi connectivity index (χ0n) is 9.38. The molecule has 2 aromatic rings. The molecule has 4 heteroatoms. The molecule has 1 atom stereocenters. The van der Waals surface area contributed by atoms with Crippen LogP contribution in [0.4, 0.5) is 0 Å². The molecule has 0 saturated carbocycles. The summed E-state index contributed by atoms with van der Waals surface area (Å²) in [6.07, 6.45) is 0. The molecule has 3 nitrogen and oxygen atoms in total. The Morgan fingerprint density at radius 2 is 1.88 bits per heavy atom.